The van der Waals surface area contributed by atoms with E-state index < -0.39 is 0 Å². The zero-order valence-corrected chi connectivity index (χ0v) is 25.5. The summed E-state index contributed by atoms with van der Waals surface area (Å²) in [6.45, 7) is 4.77. The van der Waals surface area contributed by atoms with E-state index in [2.05, 4.69) is 68.4 Å². The third-order valence-corrected chi connectivity index (χ3v) is 5.60. The minimum atomic E-state index is 0. The van der Waals surface area contributed by atoms with Crippen LogP contribution in [0, 0.1) is 42.5 Å². The first-order valence-corrected chi connectivity index (χ1v) is 10.0. The largest absolute Gasteiger partial charge is 0.358 e. The molecule has 0 saturated carbocycles. The Morgan fingerprint density at radius 3 is 1.91 bits per heavy atom. The van der Waals surface area contributed by atoms with Gasteiger partial charge in [0.2, 0.25) is 0 Å². The summed E-state index contributed by atoms with van der Waals surface area (Å²) in [5, 5.41) is 2.91. The van der Waals surface area contributed by atoms with Crippen molar-refractivity contribution in [1.29, 1.82) is 0 Å². The maximum atomic E-state index is 2.47. The van der Waals surface area contributed by atoms with Gasteiger partial charge < -0.3 is 37.1 Å². The Morgan fingerprint density at radius 1 is 0.788 bits per heavy atom. The first kappa shape index (κ1) is 35.9. The maximum absolute atomic E-state index is 2.47. The van der Waals surface area contributed by atoms with E-state index in [1.807, 2.05) is 30.3 Å². The van der Waals surface area contributed by atoms with Crippen LogP contribution in [-0.2, 0) is 51.5 Å². The zero-order chi connectivity index (χ0) is 18.7. The van der Waals surface area contributed by atoms with Gasteiger partial charge in [-0.2, -0.15) is 24.3 Å². The number of hydrogen-bond acceptors (Lipinski definition) is 0. The molecule has 0 amide bonds. The zero-order valence-electron chi connectivity index (χ0n) is 21.9. The van der Waals surface area contributed by atoms with Crippen LogP contribution >= 0.6 is 0 Å². The number of hydrogen-bond donors (Lipinski definition) is 0. The molecule has 0 aromatic heterocycles. The van der Waals surface area contributed by atoms with E-state index in [9.17, 15) is 0 Å². The van der Waals surface area contributed by atoms with E-state index in [0.717, 1.165) is 12.8 Å². The first-order valence-electron chi connectivity index (χ1n) is 10.0. The van der Waals surface area contributed by atoms with Crippen LogP contribution in [0.1, 0.15) is 36.1 Å². The fraction of sp³-hybridized carbons (Fsp3) is 0.219. The predicted octanol–water partition coefficient (Wildman–Crippen LogP) is 9.12. The molecule has 0 aliphatic heterocycles. The topological polar surface area (TPSA) is 0 Å². The van der Waals surface area contributed by atoms with Gasteiger partial charge in [-0.1, -0.05) is 61.7 Å². The van der Waals surface area contributed by atoms with Crippen molar-refractivity contribution in [2.75, 3.05) is 0 Å². The van der Waals surface area contributed by atoms with Crippen LogP contribution in [0.25, 0.3) is 10.8 Å². The fourth-order valence-electron chi connectivity index (χ4n) is 4.29. The van der Waals surface area contributed by atoms with Crippen LogP contribution in [0.3, 0.4) is 0 Å². The van der Waals surface area contributed by atoms with Crippen LogP contribution in [0.2, 0.25) is 0 Å². The van der Waals surface area contributed by atoms with Gasteiger partial charge >= 0.3 is 0 Å². The molecule has 0 bridgehead atoms. The van der Waals surface area contributed by atoms with E-state index in [0.29, 0.717) is 5.41 Å². The van der Waals surface area contributed by atoms with Crippen molar-refractivity contribution < 1.29 is 25.8 Å². The molecule has 0 heterocycles. The standard InChI is InChI=1S/C22H23.C5H5.5CH3.Hf/c1-22(2)14-19-12-18-11-10-17(21(18)13-20(19)15-22)9-8-16-6-4-3-5-7-16;1-2-4-5-3-1;;;;;;/h3-7,10-13H,8-9,14-15H2,1-2H3;1-5H;5*1H3;/q7*-1;. The molecule has 0 N–H and O–H groups in total. The smallest absolute Gasteiger partial charge is 0 e. The molecule has 4 aromatic rings. The number of aryl methyl sites for hydroxylation is 2. The van der Waals surface area contributed by atoms with Crippen LogP contribution in [-0.4, -0.2) is 0 Å². The third-order valence-electron chi connectivity index (χ3n) is 5.60. The summed E-state index contributed by atoms with van der Waals surface area (Å²) in [5.74, 6) is 0. The summed E-state index contributed by atoms with van der Waals surface area (Å²) >= 11 is 0. The molecule has 0 spiro atoms. The fourth-order valence-corrected chi connectivity index (χ4v) is 4.29. The van der Waals surface area contributed by atoms with Gasteiger partial charge in [0.15, 0.2) is 0 Å². The van der Waals surface area contributed by atoms with Gasteiger partial charge in [-0.25, -0.2) is 12.1 Å². The Kier molecular flexibility index (Phi) is 17.4. The molecule has 5 rings (SSSR count). The van der Waals surface area contributed by atoms with Crippen LogP contribution in [0.15, 0.2) is 84.9 Å². The molecule has 0 unspecified atom stereocenters. The van der Waals surface area contributed by atoms with Gasteiger partial charge in [0.05, 0.1) is 0 Å². The average molecular weight is 606 g/mol. The number of rotatable bonds is 3. The van der Waals surface area contributed by atoms with Crippen LogP contribution in [0.5, 0.6) is 0 Å². The molecule has 0 radical (unpaired) electrons. The molecule has 1 aliphatic carbocycles. The second kappa shape index (κ2) is 16.0. The van der Waals surface area contributed by atoms with Crippen LogP contribution < -0.4 is 0 Å². The van der Waals surface area contributed by atoms with Crippen molar-refractivity contribution >= 4 is 10.8 Å². The van der Waals surface area contributed by atoms with Crippen molar-refractivity contribution in [2.45, 2.75) is 39.5 Å². The monoisotopic (exact) mass is 607 g/mol. The molecule has 0 atom stereocenters. The van der Waals surface area contributed by atoms with Gasteiger partial charge in [0, 0.05) is 25.8 Å². The Bertz CT molecular complexity index is 971. The average Bonchev–Trinajstić information content (AvgIpc) is 3.39. The summed E-state index contributed by atoms with van der Waals surface area (Å²) in [6, 6.07) is 30.4. The van der Waals surface area contributed by atoms with Gasteiger partial charge in [-0.3, -0.25) is 0 Å². The van der Waals surface area contributed by atoms with Crippen LogP contribution in [0.4, 0.5) is 0 Å². The van der Waals surface area contributed by atoms with E-state index in [1.165, 1.54) is 34.7 Å². The normalized spacial score (nSPS) is 11.9. The summed E-state index contributed by atoms with van der Waals surface area (Å²) < 4.78 is 0. The second-order valence-corrected chi connectivity index (χ2v) is 8.53. The van der Waals surface area contributed by atoms with E-state index in [4.69, 9.17) is 0 Å². The van der Waals surface area contributed by atoms with Gasteiger partial charge in [0.25, 0.3) is 0 Å². The molecule has 0 nitrogen and oxygen atoms in total. The molecule has 4 aromatic carbocycles. The molecule has 1 heteroatoms. The van der Waals surface area contributed by atoms with E-state index in [1.54, 1.807) is 11.1 Å². The minimum absolute atomic E-state index is 0. The molecular weight excluding hydrogens is 563 g/mol. The van der Waals surface area contributed by atoms with Crippen molar-refractivity contribution in [3.8, 4) is 0 Å². The number of fused-ring (bicyclic) bond motifs is 2. The Hall–Kier alpha value is -1.73. The Balaban J connectivity index is -0.000000735. The summed E-state index contributed by atoms with van der Waals surface area (Å²) in [7, 11) is 0. The maximum Gasteiger partial charge on any atom is 0 e. The second-order valence-electron chi connectivity index (χ2n) is 8.53. The van der Waals surface area contributed by atoms with Crippen molar-refractivity contribution in [2.24, 2.45) is 5.41 Å². The SMILES string of the molecule is CC1(C)Cc2cc3cc[c-](CCc4ccccc4)c3cc2C1.[CH3-].[CH3-].[CH3-].[CH3-].[CH3-].[Hf].c1cc[cH-]c1. The van der Waals surface area contributed by atoms with Gasteiger partial charge in [-0.15, -0.1) is 34.5 Å². The molecule has 0 saturated heterocycles. The first-order chi connectivity index (χ1) is 13.1. The minimum Gasteiger partial charge on any atom is -0.358 e. The van der Waals surface area contributed by atoms with Gasteiger partial charge in [0.1, 0.15) is 0 Å². The molecule has 0 fully saturated rings. The Labute approximate surface area is 225 Å². The quantitative estimate of drug-likeness (QED) is 0.161. The number of benzene rings is 2. The summed E-state index contributed by atoms with van der Waals surface area (Å²) in [5.41, 5.74) is 6.51. The van der Waals surface area contributed by atoms with Crippen molar-refractivity contribution in [3.63, 3.8) is 0 Å². The van der Waals surface area contributed by atoms with E-state index >= 15 is 0 Å². The van der Waals surface area contributed by atoms with E-state index in [-0.39, 0.29) is 63.0 Å². The Morgan fingerprint density at radius 2 is 1.36 bits per heavy atom. The molecule has 182 valence electrons. The summed E-state index contributed by atoms with van der Waals surface area (Å²) in [6.07, 6.45) is 4.71. The summed E-state index contributed by atoms with van der Waals surface area (Å²) in [4.78, 5) is 0. The van der Waals surface area contributed by atoms with Gasteiger partial charge in [-0.05, 0) is 30.2 Å². The molecular formula is C32H43Hf-7. The third kappa shape index (κ3) is 9.20. The predicted molar refractivity (Wildman–Crippen MR) is 149 cm³/mol. The molecule has 1 aliphatic rings. The van der Waals surface area contributed by atoms with Crippen molar-refractivity contribution in [1.82, 2.24) is 0 Å². The molecule has 33 heavy (non-hydrogen) atoms. The van der Waals surface area contributed by atoms with Crippen molar-refractivity contribution in [3.05, 3.63) is 144 Å².